The van der Waals surface area contributed by atoms with Crippen molar-refractivity contribution in [1.29, 1.82) is 0 Å². The largest absolute Gasteiger partial charge is 0.341 e. The molecule has 0 amide bonds. The molecule has 0 spiro atoms. The highest BCUT2D eigenvalue weighted by molar-refractivity contribution is 5.74. The molecule has 1 atom stereocenters. The van der Waals surface area contributed by atoms with Crippen LogP contribution >= 0.6 is 0 Å². The molecule has 1 saturated heterocycles. The van der Waals surface area contributed by atoms with Crippen molar-refractivity contribution in [3.8, 4) is 0 Å². The molecule has 0 aliphatic carbocycles. The normalized spacial score (nSPS) is 19.4. The molecule has 0 bridgehead atoms. The number of aromatic amines is 1. The number of imidazole rings is 1. The van der Waals surface area contributed by atoms with Gasteiger partial charge in [0.2, 0.25) is 0 Å². The van der Waals surface area contributed by atoms with Crippen LogP contribution < -0.4 is 0 Å². The molecule has 2 aromatic rings. The number of aromatic nitrogens is 2. The molecular weight excluding hydrogens is 234 g/mol. The zero-order chi connectivity index (χ0) is 13.1. The fourth-order valence-corrected chi connectivity index (χ4v) is 3.16. The van der Waals surface area contributed by atoms with Crippen molar-refractivity contribution < 1.29 is 0 Å². The Balaban J connectivity index is 1.87. The molecule has 1 aromatic heterocycles. The number of nitrogens with zero attached hydrogens (tertiary/aromatic N) is 2. The predicted octanol–water partition coefficient (Wildman–Crippen LogP) is 3.89. The van der Waals surface area contributed by atoms with Gasteiger partial charge in [-0.25, -0.2) is 4.98 Å². The van der Waals surface area contributed by atoms with Gasteiger partial charge in [0.1, 0.15) is 5.82 Å². The molecule has 1 N–H and O–H groups in total. The standard InChI is InChI=1S/C16H23N3/c1-2-15(19-11-7-3-4-8-12-19)16-17-13-9-5-6-10-14(13)18-16/h5-6,9-10,15H,2-4,7-8,11-12H2,1H3,(H,17,18). The second kappa shape index (κ2) is 5.74. The molecule has 3 rings (SSSR count). The van der Waals surface area contributed by atoms with Gasteiger partial charge in [-0.3, -0.25) is 4.90 Å². The molecule has 0 radical (unpaired) electrons. The maximum absolute atomic E-state index is 4.79. The molecule has 2 heterocycles. The highest BCUT2D eigenvalue weighted by Crippen LogP contribution is 2.26. The molecule has 1 aromatic carbocycles. The summed E-state index contributed by atoms with van der Waals surface area (Å²) in [5.74, 6) is 1.14. The van der Waals surface area contributed by atoms with E-state index in [4.69, 9.17) is 4.98 Å². The van der Waals surface area contributed by atoms with Crippen LogP contribution in [0.4, 0.5) is 0 Å². The summed E-state index contributed by atoms with van der Waals surface area (Å²) in [6.45, 7) is 4.70. The lowest BCUT2D eigenvalue weighted by molar-refractivity contribution is 0.193. The Hall–Kier alpha value is -1.35. The number of hydrogen-bond donors (Lipinski definition) is 1. The van der Waals surface area contributed by atoms with Crippen LogP contribution in [0.3, 0.4) is 0 Å². The first-order valence-electron chi connectivity index (χ1n) is 7.57. The Morgan fingerprint density at radius 2 is 1.89 bits per heavy atom. The van der Waals surface area contributed by atoms with Gasteiger partial charge >= 0.3 is 0 Å². The number of nitrogens with one attached hydrogen (secondary N) is 1. The van der Waals surface area contributed by atoms with Crippen molar-refractivity contribution in [1.82, 2.24) is 14.9 Å². The summed E-state index contributed by atoms with van der Waals surface area (Å²) in [6, 6.07) is 8.77. The van der Waals surface area contributed by atoms with Gasteiger partial charge in [-0.05, 0) is 44.5 Å². The van der Waals surface area contributed by atoms with Gasteiger partial charge in [0.15, 0.2) is 0 Å². The Morgan fingerprint density at radius 3 is 2.58 bits per heavy atom. The van der Waals surface area contributed by atoms with Crippen molar-refractivity contribution in [2.75, 3.05) is 13.1 Å². The molecule has 19 heavy (non-hydrogen) atoms. The zero-order valence-electron chi connectivity index (χ0n) is 11.7. The molecule has 102 valence electrons. The second-order valence-electron chi connectivity index (χ2n) is 5.51. The van der Waals surface area contributed by atoms with E-state index in [-0.39, 0.29) is 0 Å². The van der Waals surface area contributed by atoms with Gasteiger partial charge in [-0.2, -0.15) is 0 Å². The maximum Gasteiger partial charge on any atom is 0.124 e. The number of fused-ring (bicyclic) bond motifs is 1. The fraction of sp³-hybridized carbons (Fsp3) is 0.562. The van der Waals surface area contributed by atoms with Gasteiger partial charge in [0, 0.05) is 0 Å². The Kier molecular flexibility index (Phi) is 3.83. The average molecular weight is 257 g/mol. The van der Waals surface area contributed by atoms with Crippen molar-refractivity contribution in [3.63, 3.8) is 0 Å². The highest BCUT2D eigenvalue weighted by Gasteiger charge is 2.22. The third kappa shape index (κ3) is 2.66. The van der Waals surface area contributed by atoms with Crippen LogP contribution in [0.1, 0.15) is 50.9 Å². The van der Waals surface area contributed by atoms with E-state index in [9.17, 15) is 0 Å². The molecule has 1 aliphatic heterocycles. The van der Waals surface area contributed by atoms with Crippen molar-refractivity contribution >= 4 is 11.0 Å². The van der Waals surface area contributed by atoms with E-state index in [1.807, 2.05) is 0 Å². The van der Waals surface area contributed by atoms with Gasteiger partial charge in [0.25, 0.3) is 0 Å². The molecule has 1 unspecified atom stereocenters. The minimum atomic E-state index is 0.450. The van der Waals surface area contributed by atoms with Gasteiger partial charge in [-0.1, -0.05) is 31.9 Å². The number of rotatable bonds is 3. The number of para-hydroxylation sites is 2. The maximum atomic E-state index is 4.79. The van der Waals surface area contributed by atoms with Crippen LogP contribution in [-0.2, 0) is 0 Å². The quantitative estimate of drug-likeness (QED) is 0.904. The molecule has 3 heteroatoms. The minimum Gasteiger partial charge on any atom is -0.341 e. The fourth-order valence-electron chi connectivity index (χ4n) is 3.16. The van der Waals surface area contributed by atoms with Crippen LogP contribution in [0.25, 0.3) is 11.0 Å². The Labute approximate surface area is 115 Å². The van der Waals surface area contributed by atoms with Gasteiger partial charge < -0.3 is 4.98 Å². The van der Waals surface area contributed by atoms with E-state index >= 15 is 0 Å². The third-order valence-corrected chi connectivity index (χ3v) is 4.19. The summed E-state index contributed by atoms with van der Waals surface area (Å²) in [6.07, 6.45) is 6.55. The summed E-state index contributed by atoms with van der Waals surface area (Å²) in [5, 5.41) is 0. The topological polar surface area (TPSA) is 31.9 Å². The van der Waals surface area contributed by atoms with Crippen LogP contribution in [0.5, 0.6) is 0 Å². The summed E-state index contributed by atoms with van der Waals surface area (Å²) in [4.78, 5) is 10.9. The Morgan fingerprint density at radius 1 is 1.16 bits per heavy atom. The number of likely N-dealkylation sites (tertiary alicyclic amines) is 1. The lowest BCUT2D eigenvalue weighted by Gasteiger charge is -2.28. The van der Waals surface area contributed by atoms with E-state index in [1.165, 1.54) is 38.8 Å². The smallest absolute Gasteiger partial charge is 0.124 e. The third-order valence-electron chi connectivity index (χ3n) is 4.19. The van der Waals surface area contributed by atoms with E-state index in [1.54, 1.807) is 0 Å². The first kappa shape index (κ1) is 12.7. The van der Waals surface area contributed by atoms with E-state index in [0.29, 0.717) is 6.04 Å². The molecule has 3 nitrogen and oxygen atoms in total. The summed E-state index contributed by atoms with van der Waals surface area (Å²) >= 11 is 0. The summed E-state index contributed by atoms with van der Waals surface area (Å²) < 4.78 is 0. The number of benzene rings is 1. The SMILES string of the molecule is CCC(c1nc2ccccc2[nH]1)N1CCCCCC1. The molecule has 1 fully saturated rings. The second-order valence-corrected chi connectivity index (χ2v) is 5.51. The van der Waals surface area contributed by atoms with Crippen molar-refractivity contribution in [3.05, 3.63) is 30.1 Å². The number of H-pyrrole nitrogens is 1. The van der Waals surface area contributed by atoms with E-state index < -0.39 is 0 Å². The van der Waals surface area contributed by atoms with Crippen molar-refractivity contribution in [2.24, 2.45) is 0 Å². The van der Waals surface area contributed by atoms with Crippen LogP contribution in [-0.4, -0.2) is 28.0 Å². The first-order chi connectivity index (χ1) is 9.38. The molecular formula is C16H23N3. The highest BCUT2D eigenvalue weighted by atomic mass is 15.2. The Bertz CT molecular complexity index is 491. The first-order valence-corrected chi connectivity index (χ1v) is 7.57. The van der Waals surface area contributed by atoms with Gasteiger partial charge in [0.05, 0.1) is 17.1 Å². The number of hydrogen-bond acceptors (Lipinski definition) is 2. The molecule has 1 aliphatic rings. The van der Waals surface area contributed by atoms with Crippen LogP contribution in [0.15, 0.2) is 24.3 Å². The van der Waals surface area contributed by atoms with Gasteiger partial charge in [-0.15, -0.1) is 0 Å². The predicted molar refractivity (Wildman–Crippen MR) is 79.2 cm³/mol. The van der Waals surface area contributed by atoms with Crippen LogP contribution in [0, 0.1) is 0 Å². The average Bonchev–Trinajstić information content (AvgIpc) is 2.67. The van der Waals surface area contributed by atoms with Crippen molar-refractivity contribution in [2.45, 2.75) is 45.1 Å². The lowest BCUT2D eigenvalue weighted by atomic mass is 10.1. The van der Waals surface area contributed by atoms with E-state index in [2.05, 4.69) is 41.1 Å². The van der Waals surface area contributed by atoms with Crippen LogP contribution in [0.2, 0.25) is 0 Å². The monoisotopic (exact) mass is 257 g/mol. The lowest BCUT2D eigenvalue weighted by Crippen LogP contribution is -2.30. The zero-order valence-corrected chi connectivity index (χ0v) is 11.7. The summed E-state index contributed by atoms with van der Waals surface area (Å²) in [7, 11) is 0. The van der Waals surface area contributed by atoms with E-state index in [0.717, 1.165) is 23.3 Å². The minimum absolute atomic E-state index is 0.450. The summed E-state index contributed by atoms with van der Waals surface area (Å²) in [5.41, 5.74) is 2.25. The molecule has 0 saturated carbocycles.